The van der Waals surface area contributed by atoms with Crippen LogP contribution in [0.1, 0.15) is 78.6 Å². The third kappa shape index (κ3) is 8.59. The van der Waals surface area contributed by atoms with Gasteiger partial charge in [0.05, 0.1) is 0 Å². The standard InChI is InChI=1S/C14H29/c1-4-7-9-10-11-13-14(6-3)12-8-5-2/h5,14H,4,6-13H2,1-3H3. The van der Waals surface area contributed by atoms with Gasteiger partial charge in [-0.1, -0.05) is 78.6 Å². The Labute approximate surface area is 91.5 Å². The van der Waals surface area contributed by atoms with Crippen molar-refractivity contribution in [3.8, 4) is 0 Å². The topological polar surface area (TPSA) is 0 Å². The summed E-state index contributed by atoms with van der Waals surface area (Å²) in [6, 6.07) is 0. The lowest BCUT2D eigenvalue weighted by molar-refractivity contribution is 0.411. The molecule has 1 atom stereocenters. The van der Waals surface area contributed by atoms with Gasteiger partial charge in [-0.05, 0) is 12.3 Å². The quantitative estimate of drug-likeness (QED) is 0.413. The van der Waals surface area contributed by atoms with Crippen molar-refractivity contribution in [1.82, 2.24) is 0 Å². The number of hydrogen-bond acceptors (Lipinski definition) is 0. The van der Waals surface area contributed by atoms with E-state index in [0.29, 0.717) is 0 Å². The molecule has 0 saturated heterocycles. The molecule has 0 bridgehead atoms. The fourth-order valence-corrected chi connectivity index (χ4v) is 1.99. The maximum Gasteiger partial charge on any atom is -0.0417 e. The fourth-order valence-electron chi connectivity index (χ4n) is 1.99. The second-order valence-corrected chi connectivity index (χ2v) is 4.46. The molecule has 0 fully saturated rings. The summed E-state index contributed by atoms with van der Waals surface area (Å²) in [7, 11) is 0. The van der Waals surface area contributed by atoms with Crippen molar-refractivity contribution in [2.45, 2.75) is 78.6 Å². The minimum absolute atomic E-state index is 0.993. The van der Waals surface area contributed by atoms with Gasteiger partial charge in [-0.15, -0.1) is 0 Å². The summed E-state index contributed by atoms with van der Waals surface area (Å²) < 4.78 is 0. The smallest absolute Gasteiger partial charge is 0.0417 e. The molecule has 0 amide bonds. The maximum absolute atomic E-state index is 2.34. The second kappa shape index (κ2) is 11.1. The van der Waals surface area contributed by atoms with Gasteiger partial charge in [0.25, 0.3) is 0 Å². The van der Waals surface area contributed by atoms with Crippen LogP contribution in [-0.4, -0.2) is 0 Å². The van der Waals surface area contributed by atoms with E-state index in [-0.39, 0.29) is 0 Å². The Bertz CT molecular complexity index is 96.2. The molecule has 0 N–H and O–H groups in total. The Balaban J connectivity index is 3.24. The van der Waals surface area contributed by atoms with Gasteiger partial charge in [0.1, 0.15) is 0 Å². The van der Waals surface area contributed by atoms with Crippen LogP contribution < -0.4 is 0 Å². The molecule has 0 rings (SSSR count). The van der Waals surface area contributed by atoms with Crippen molar-refractivity contribution in [2.24, 2.45) is 5.92 Å². The van der Waals surface area contributed by atoms with Gasteiger partial charge in [-0.25, -0.2) is 0 Å². The molecule has 0 aromatic heterocycles. The minimum atomic E-state index is 0.993. The van der Waals surface area contributed by atoms with E-state index in [1.165, 1.54) is 57.8 Å². The van der Waals surface area contributed by atoms with E-state index in [2.05, 4.69) is 27.2 Å². The molecule has 0 nitrogen and oxygen atoms in total. The lowest BCUT2D eigenvalue weighted by Gasteiger charge is -2.13. The van der Waals surface area contributed by atoms with Crippen LogP contribution in [0.4, 0.5) is 0 Å². The Morgan fingerprint density at radius 3 is 2.21 bits per heavy atom. The Morgan fingerprint density at radius 2 is 1.64 bits per heavy atom. The Hall–Kier alpha value is 0. The lowest BCUT2D eigenvalue weighted by atomic mass is 9.93. The van der Waals surface area contributed by atoms with Crippen molar-refractivity contribution in [2.75, 3.05) is 0 Å². The van der Waals surface area contributed by atoms with Gasteiger partial charge in [0.2, 0.25) is 0 Å². The molecule has 0 heteroatoms. The van der Waals surface area contributed by atoms with E-state index in [1.807, 2.05) is 0 Å². The molecule has 85 valence electrons. The van der Waals surface area contributed by atoms with Gasteiger partial charge in [0.15, 0.2) is 0 Å². The normalized spacial score (nSPS) is 13.1. The molecular weight excluding hydrogens is 168 g/mol. The first-order valence-electron chi connectivity index (χ1n) is 6.62. The van der Waals surface area contributed by atoms with Gasteiger partial charge < -0.3 is 0 Å². The van der Waals surface area contributed by atoms with Crippen molar-refractivity contribution in [1.29, 1.82) is 0 Å². The SMILES string of the molecule is C[CH]CCC(CC)CCCCCCC. The number of unbranched alkanes of at least 4 members (excludes halogenated alkanes) is 5. The third-order valence-electron chi connectivity index (χ3n) is 3.16. The summed E-state index contributed by atoms with van der Waals surface area (Å²) in [5.41, 5.74) is 0. The van der Waals surface area contributed by atoms with Crippen molar-refractivity contribution >= 4 is 0 Å². The zero-order valence-corrected chi connectivity index (χ0v) is 10.5. The first kappa shape index (κ1) is 14.0. The molecule has 0 aliphatic rings. The van der Waals surface area contributed by atoms with Crippen LogP contribution >= 0.6 is 0 Å². The molecule has 0 saturated carbocycles. The van der Waals surface area contributed by atoms with Gasteiger partial charge >= 0.3 is 0 Å². The van der Waals surface area contributed by atoms with Crippen molar-refractivity contribution < 1.29 is 0 Å². The summed E-state index contributed by atoms with van der Waals surface area (Å²) in [6.07, 6.45) is 15.0. The minimum Gasteiger partial charge on any atom is -0.0654 e. The largest absolute Gasteiger partial charge is 0.0654 e. The predicted molar refractivity (Wildman–Crippen MR) is 66.4 cm³/mol. The van der Waals surface area contributed by atoms with E-state index >= 15 is 0 Å². The number of rotatable bonds is 10. The molecule has 1 radical (unpaired) electrons. The summed E-state index contributed by atoms with van der Waals surface area (Å²) in [6.45, 7) is 6.80. The number of hydrogen-bond donors (Lipinski definition) is 0. The van der Waals surface area contributed by atoms with Gasteiger partial charge in [-0.2, -0.15) is 0 Å². The van der Waals surface area contributed by atoms with Gasteiger partial charge in [0, 0.05) is 0 Å². The Morgan fingerprint density at radius 1 is 0.929 bits per heavy atom. The van der Waals surface area contributed by atoms with Gasteiger partial charge in [-0.3, -0.25) is 0 Å². The molecular formula is C14H29. The average Bonchev–Trinajstić information content (AvgIpc) is 2.22. The van der Waals surface area contributed by atoms with E-state index in [4.69, 9.17) is 0 Å². The summed E-state index contributed by atoms with van der Waals surface area (Å²) in [4.78, 5) is 0. The first-order valence-corrected chi connectivity index (χ1v) is 6.62. The zero-order valence-electron chi connectivity index (χ0n) is 10.5. The van der Waals surface area contributed by atoms with E-state index in [9.17, 15) is 0 Å². The van der Waals surface area contributed by atoms with Crippen LogP contribution in [-0.2, 0) is 0 Å². The third-order valence-corrected chi connectivity index (χ3v) is 3.16. The highest BCUT2D eigenvalue weighted by atomic mass is 14.1. The van der Waals surface area contributed by atoms with Crippen molar-refractivity contribution in [3.05, 3.63) is 6.42 Å². The Kier molecular flexibility index (Phi) is 11.1. The molecule has 0 aliphatic heterocycles. The van der Waals surface area contributed by atoms with Crippen LogP contribution in [0.15, 0.2) is 0 Å². The molecule has 0 heterocycles. The summed E-state index contributed by atoms with van der Waals surface area (Å²) in [5.74, 6) is 0.993. The summed E-state index contributed by atoms with van der Waals surface area (Å²) in [5, 5.41) is 0. The first-order chi connectivity index (χ1) is 6.85. The second-order valence-electron chi connectivity index (χ2n) is 4.46. The molecule has 14 heavy (non-hydrogen) atoms. The molecule has 0 aliphatic carbocycles. The van der Waals surface area contributed by atoms with Crippen LogP contribution in [0.5, 0.6) is 0 Å². The highest BCUT2D eigenvalue weighted by Crippen LogP contribution is 2.19. The highest BCUT2D eigenvalue weighted by Gasteiger charge is 2.04. The molecule has 0 aromatic rings. The average molecular weight is 197 g/mol. The van der Waals surface area contributed by atoms with Crippen LogP contribution in [0.25, 0.3) is 0 Å². The highest BCUT2D eigenvalue weighted by molar-refractivity contribution is 4.63. The van der Waals surface area contributed by atoms with Crippen LogP contribution in [0.2, 0.25) is 0 Å². The van der Waals surface area contributed by atoms with Crippen LogP contribution in [0, 0.1) is 12.3 Å². The molecule has 0 aromatic carbocycles. The predicted octanol–water partition coefficient (Wildman–Crippen LogP) is 5.38. The van der Waals surface area contributed by atoms with Crippen LogP contribution in [0.3, 0.4) is 0 Å². The molecule has 0 spiro atoms. The van der Waals surface area contributed by atoms with E-state index in [1.54, 1.807) is 0 Å². The maximum atomic E-state index is 2.34. The fraction of sp³-hybridized carbons (Fsp3) is 0.929. The summed E-state index contributed by atoms with van der Waals surface area (Å²) >= 11 is 0. The molecule has 1 unspecified atom stereocenters. The van der Waals surface area contributed by atoms with E-state index < -0.39 is 0 Å². The van der Waals surface area contributed by atoms with E-state index in [0.717, 1.165) is 5.92 Å². The van der Waals surface area contributed by atoms with Crippen molar-refractivity contribution in [3.63, 3.8) is 0 Å². The monoisotopic (exact) mass is 197 g/mol. The lowest BCUT2D eigenvalue weighted by Crippen LogP contribution is -1.98. The zero-order chi connectivity index (χ0) is 10.6.